The summed E-state index contributed by atoms with van der Waals surface area (Å²) in [5, 5.41) is 0. The molecule has 3 rings (SSSR count). The van der Waals surface area contributed by atoms with E-state index in [0.29, 0.717) is 26.1 Å². The van der Waals surface area contributed by atoms with Crippen LogP contribution < -0.4 is 15.2 Å². The van der Waals surface area contributed by atoms with Gasteiger partial charge in [0.2, 0.25) is 0 Å². The van der Waals surface area contributed by atoms with Crippen LogP contribution in [-0.2, 0) is 9.09 Å². The lowest BCUT2D eigenvalue weighted by atomic mass is 9.94. The fourth-order valence-electron chi connectivity index (χ4n) is 3.57. The zero-order chi connectivity index (χ0) is 20.9. The SMILES string of the molecule is Cc1ccc(OCCOc2ccc([C@@H]3CC[C@](N)(COP(=O)(O)O)C3)cc2)cc1. The quantitative estimate of drug-likeness (QED) is 0.420. The minimum absolute atomic E-state index is 0.143. The third-order valence-corrected chi connectivity index (χ3v) is 5.62. The van der Waals surface area contributed by atoms with Crippen molar-refractivity contribution in [3.05, 3.63) is 59.7 Å². The molecule has 0 amide bonds. The summed E-state index contributed by atoms with van der Waals surface area (Å²) in [6.45, 7) is 2.80. The molecule has 2 aromatic carbocycles. The number of hydrogen-bond acceptors (Lipinski definition) is 5. The summed E-state index contributed by atoms with van der Waals surface area (Å²) in [5.74, 6) is 1.83. The Morgan fingerprint density at radius 2 is 1.59 bits per heavy atom. The van der Waals surface area contributed by atoms with E-state index in [9.17, 15) is 4.57 Å². The number of phosphoric ester groups is 1. The summed E-state index contributed by atoms with van der Waals surface area (Å²) in [5.41, 5.74) is 7.87. The van der Waals surface area contributed by atoms with E-state index in [4.69, 9.17) is 25.0 Å². The monoisotopic (exact) mass is 421 g/mol. The van der Waals surface area contributed by atoms with Gasteiger partial charge in [0, 0.05) is 5.54 Å². The molecule has 0 unspecified atom stereocenters. The molecule has 1 aliphatic rings. The van der Waals surface area contributed by atoms with Gasteiger partial charge in [-0.1, -0.05) is 29.8 Å². The first kappa shape index (κ1) is 21.8. The van der Waals surface area contributed by atoms with Crippen LogP contribution in [0, 0.1) is 6.92 Å². The molecule has 1 fully saturated rings. The van der Waals surface area contributed by atoms with E-state index < -0.39 is 13.4 Å². The zero-order valence-electron chi connectivity index (χ0n) is 16.5. The standard InChI is InChI=1S/C21H28NO6P/c1-16-2-6-19(7-3-16)26-12-13-27-20-8-4-17(5-9-20)18-10-11-21(22,14-18)15-28-29(23,24)25/h2-9,18H,10-15,22H2,1H3,(H2,23,24,25)/t18-,21-/m1/s1. The summed E-state index contributed by atoms with van der Waals surface area (Å²) < 4.78 is 26.9. The Hall–Kier alpha value is -1.89. The van der Waals surface area contributed by atoms with Gasteiger partial charge in [0.1, 0.15) is 24.7 Å². The van der Waals surface area contributed by atoms with Crippen LogP contribution in [0.1, 0.15) is 36.3 Å². The lowest BCUT2D eigenvalue weighted by Gasteiger charge is -2.24. The summed E-state index contributed by atoms with van der Waals surface area (Å²) in [4.78, 5) is 17.8. The molecule has 0 heterocycles. The number of phosphoric acid groups is 1. The average molecular weight is 421 g/mol. The maximum absolute atomic E-state index is 10.9. The minimum atomic E-state index is -4.50. The Kier molecular flexibility index (Phi) is 6.98. The highest BCUT2D eigenvalue weighted by atomic mass is 31.2. The maximum atomic E-state index is 10.9. The van der Waals surface area contributed by atoms with Crippen LogP contribution in [0.4, 0.5) is 0 Å². The molecule has 0 aromatic heterocycles. The summed E-state index contributed by atoms with van der Waals surface area (Å²) in [7, 11) is -4.50. The topological polar surface area (TPSA) is 111 Å². The fraction of sp³-hybridized carbons (Fsp3) is 0.429. The number of benzene rings is 2. The zero-order valence-corrected chi connectivity index (χ0v) is 17.4. The smallest absolute Gasteiger partial charge is 0.469 e. The van der Waals surface area contributed by atoms with Gasteiger partial charge in [-0.3, -0.25) is 4.52 Å². The van der Waals surface area contributed by atoms with Crippen LogP contribution in [-0.4, -0.2) is 35.1 Å². The molecule has 0 bridgehead atoms. The van der Waals surface area contributed by atoms with Gasteiger partial charge in [-0.25, -0.2) is 4.57 Å². The van der Waals surface area contributed by atoms with Crippen molar-refractivity contribution in [2.45, 2.75) is 37.6 Å². The summed E-state index contributed by atoms with van der Waals surface area (Å²) >= 11 is 0. The van der Waals surface area contributed by atoms with Crippen LogP contribution in [0.3, 0.4) is 0 Å². The maximum Gasteiger partial charge on any atom is 0.469 e. The fourth-order valence-corrected chi connectivity index (χ4v) is 4.00. The van der Waals surface area contributed by atoms with Crippen LogP contribution in [0.15, 0.2) is 48.5 Å². The van der Waals surface area contributed by atoms with Gasteiger partial charge in [0.15, 0.2) is 0 Å². The van der Waals surface area contributed by atoms with Gasteiger partial charge in [0.05, 0.1) is 6.61 Å². The Morgan fingerprint density at radius 3 is 2.14 bits per heavy atom. The van der Waals surface area contributed by atoms with Crippen LogP contribution in [0.2, 0.25) is 0 Å². The molecule has 1 aliphatic carbocycles. The Labute approximate surface area is 171 Å². The van der Waals surface area contributed by atoms with E-state index in [-0.39, 0.29) is 12.5 Å². The van der Waals surface area contributed by atoms with Gasteiger partial charge in [-0.15, -0.1) is 0 Å². The molecule has 8 heteroatoms. The molecule has 0 spiro atoms. The van der Waals surface area contributed by atoms with E-state index in [1.165, 1.54) is 5.56 Å². The van der Waals surface area contributed by atoms with Crippen molar-refractivity contribution in [2.24, 2.45) is 5.73 Å². The first-order chi connectivity index (χ1) is 13.7. The lowest BCUT2D eigenvalue weighted by Crippen LogP contribution is -2.41. The van der Waals surface area contributed by atoms with Crippen molar-refractivity contribution < 1.29 is 28.3 Å². The second kappa shape index (κ2) is 9.28. The number of rotatable bonds is 9. The third kappa shape index (κ3) is 6.84. The molecule has 2 atom stereocenters. The number of ether oxygens (including phenoxy) is 2. The average Bonchev–Trinajstić information content (AvgIpc) is 3.08. The van der Waals surface area contributed by atoms with Crippen molar-refractivity contribution in [3.63, 3.8) is 0 Å². The molecule has 7 nitrogen and oxygen atoms in total. The van der Waals surface area contributed by atoms with Gasteiger partial charge in [0.25, 0.3) is 0 Å². The molecule has 1 saturated carbocycles. The highest BCUT2D eigenvalue weighted by Crippen LogP contribution is 2.43. The second-order valence-corrected chi connectivity index (χ2v) is 8.88. The first-order valence-electron chi connectivity index (χ1n) is 9.64. The molecular formula is C21H28NO6P. The molecule has 4 N–H and O–H groups in total. The van der Waals surface area contributed by atoms with Crippen LogP contribution in [0.5, 0.6) is 11.5 Å². The van der Waals surface area contributed by atoms with E-state index in [1.807, 2.05) is 55.5 Å². The van der Waals surface area contributed by atoms with Crippen molar-refractivity contribution in [2.75, 3.05) is 19.8 Å². The van der Waals surface area contributed by atoms with Crippen molar-refractivity contribution in [1.29, 1.82) is 0 Å². The van der Waals surface area contributed by atoms with Crippen LogP contribution in [0.25, 0.3) is 0 Å². The normalized spacial score (nSPS) is 21.9. The lowest BCUT2D eigenvalue weighted by molar-refractivity contribution is 0.153. The Morgan fingerprint density at radius 1 is 1.03 bits per heavy atom. The Bertz CT molecular complexity index is 835. The van der Waals surface area contributed by atoms with Crippen molar-refractivity contribution in [3.8, 4) is 11.5 Å². The Balaban J connectivity index is 1.44. The van der Waals surface area contributed by atoms with E-state index in [2.05, 4.69) is 4.52 Å². The largest absolute Gasteiger partial charge is 0.490 e. The van der Waals surface area contributed by atoms with Gasteiger partial charge >= 0.3 is 7.82 Å². The molecule has 0 radical (unpaired) electrons. The van der Waals surface area contributed by atoms with E-state index in [0.717, 1.165) is 23.5 Å². The molecule has 2 aromatic rings. The molecule has 0 aliphatic heterocycles. The highest BCUT2D eigenvalue weighted by Gasteiger charge is 2.38. The first-order valence-corrected chi connectivity index (χ1v) is 11.2. The van der Waals surface area contributed by atoms with Gasteiger partial charge in [-0.05, 0) is 61.9 Å². The van der Waals surface area contributed by atoms with Crippen molar-refractivity contribution in [1.82, 2.24) is 0 Å². The van der Waals surface area contributed by atoms with Gasteiger partial charge in [-0.2, -0.15) is 0 Å². The molecular weight excluding hydrogens is 393 g/mol. The highest BCUT2D eigenvalue weighted by molar-refractivity contribution is 7.46. The van der Waals surface area contributed by atoms with Crippen molar-refractivity contribution >= 4 is 7.82 Å². The van der Waals surface area contributed by atoms with Gasteiger partial charge < -0.3 is 25.0 Å². The summed E-state index contributed by atoms with van der Waals surface area (Å²) in [6, 6.07) is 15.8. The molecule has 0 saturated heterocycles. The van der Waals surface area contributed by atoms with E-state index in [1.54, 1.807) is 0 Å². The second-order valence-electron chi connectivity index (χ2n) is 7.65. The number of hydrogen-bond donors (Lipinski definition) is 3. The van der Waals surface area contributed by atoms with Crippen LogP contribution >= 0.6 is 7.82 Å². The molecule has 158 valence electrons. The predicted molar refractivity (Wildman–Crippen MR) is 110 cm³/mol. The van der Waals surface area contributed by atoms with E-state index >= 15 is 0 Å². The summed E-state index contributed by atoms with van der Waals surface area (Å²) in [6.07, 6.45) is 2.13. The number of nitrogens with two attached hydrogens (primary N) is 1. The minimum Gasteiger partial charge on any atom is -0.490 e. The predicted octanol–water partition coefficient (Wildman–Crippen LogP) is 3.53. The molecule has 29 heavy (non-hydrogen) atoms. The number of aryl methyl sites for hydroxylation is 1. The third-order valence-electron chi connectivity index (χ3n) is 5.16.